The van der Waals surface area contributed by atoms with Crippen molar-refractivity contribution in [3.8, 4) is 0 Å². The Morgan fingerprint density at radius 2 is 1.96 bits per heavy atom. The minimum absolute atomic E-state index is 0.00257. The number of amides is 1. The molecule has 136 valence electrons. The van der Waals surface area contributed by atoms with Gasteiger partial charge in [0.05, 0.1) is 4.90 Å². The molecule has 1 aromatic carbocycles. The first-order chi connectivity index (χ1) is 12.4. The minimum atomic E-state index is -3.65. The summed E-state index contributed by atoms with van der Waals surface area (Å²) in [6.07, 6.45) is 2.77. The molecule has 26 heavy (non-hydrogen) atoms. The largest absolute Gasteiger partial charge is 0.350 e. The number of nitrogens with zero attached hydrogens (tertiary/aromatic N) is 2. The van der Waals surface area contributed by atoms with Crippen molar-refractivity contribution in [3.63, 3.8) is 0 Å². The van der Waals surface area contributed by atoms with E-state index in [0.717, 1.165) is 5.56 Å². The molecule has 0 fully saturated rings. The van der Waals surface area contributed by atoms with Crippen LogP contribution in [0.2, 0.25) is 0 Å². The predicted octanol–water partition coefficient (Wildman–Crippen LogP) is 0.773. The van der Waals surface area contributed by atoms with Gasteiger partial charge in [-0.2, -0.15) is 0 Å². The Bertz CT molecular complexity index is 1100. The molecule has 2 aromatic heterocycles. The van der Waals surface area contributed by atoms with Gasteiger partial charge in [-0.25, -0.2) is 18.1 Å². The van der Waals surface area contributed by atoms with Gasteiger partial charge in [-0.05, 0) is 19.1 Å². The number of carbonyl (C=O) groups excluding carboxylic acids is 1. The van der Waals surface area contributed by atoms with E-state index < -0.39 is 21.5 Å². The van der Waals surface area contributed by atoms with Crippen molar-refractivity contribution >= 4 is 32.2 Å². The molecule has 0 spiro atoms. The number of nitrogens with one attached hydrogen (secondary N) is 2. The lowest BCUT2D eigenvalue weighted by Crippen LogP contribution is -2.37. The number of rotatable bonds is 6. The Labute approximate surface area is 153 Å². The maximum atomic E-state index is 12.2. The molecule has 0 aliphatic heterocycles. The Morgan fingerprint density at radius 1 is 1.23 bits per heavy atom. The second-order valence-corrected chi connectivity index (χ2v) is 8.14. The third-order valence-corrected chi connectivity index (χ3v) is 5.87. The van der Waals surface area contributed by atoms with Crippen molar-refractivity contribution in [2.24, 2.45) is 0 Å². The van der Waals surface area contributed by atoms with E-state index >= 15 is 0 Å². The summed E-state index contributed by atoms with van der Waals surface area (Å²) in [7, 11) is -3.65. The Kier molecular flexibility index (Phi) is 5.16. The topological polar surface area (TPSA) is 110 Å². The number of thiazole rings is 1. The van der Waals surface area contributed by atoms with Crippen molar-refractivity contribution in [3.05, 3.63) is 63.5 Å². The van der Waals surface area contributed by atoms with E-state index in [1.807, 2.05) is 6.92 Å². The molecule has 0 aliphatic carbocycles. The monoisotopic (exact) mass is 392 g/mol. The molecule has 8 nitrogen and oxygen atoms in total. The summed E-state index contributed by atoms with van der Waals surface area (Å²) in [6.45, 7) is 1.90. The van der Waals surface area contributed by atoms with Crippen LogP contribution in [0.25, 0.3) is 4.96 Å². The molecule has 0 unspecified atom stereocenters. The average molecular weight is 392 g/mol. The van der Waals surface area contributed by atoms with Gasteiger partial charge in [0.2, 0.25) is 10.0 Å². The highest BCUT2D eigenvalue weighted by Gasteiger charge is 2.15. The molecule has 0 atom stereocenters. The second kappa shape index (κ2) is 7.36. The highest BCUT2D eigenvalue weighted by Crippen LogP contribution is 2.09. The lowest BCUT2D eigenvalue weighted by Gasteiger charge is -2.08. The van der Waals surface area contributed by atoms with Gasteiger partial charge in [-0.1, -0.05) is 17.7 Å². The summed E-state index contributed by atoms with van der Waals surface area (Å²) in [5.74, 6) is -0.599. The van der Waals surface area contributed by atoms with E-state index in [9.17, 15) is 18.0 Å². The van der Waals surface area contributed by atoms with Gasteiger partial charge in [0.1, 0.15) is 5.56 Å². The summed E-state index contributed by atoms with van der Waals surface area (Å²) in [4.78, 5) is 29.0. The minimum Gasteiger partial charge on any atom is -0.350 e. The first kappa shape index (κ1) is 18.2. The number of aromatic nitrogens is 2. The van der Waals surface area contributed by atoms with Gasteiger partial charge in [0.25, 0.3) is 11.5 Å². The van der Waals surface area contributed by atoms with E-state index in [4.69, 9.17) is 0 Å². The highest BCUT2D eigenvalue weighted by molar-refractivity contribution is 7.89. The van der Waals surface area contributed by atoms with Crippen molar-refractivity contribution in [1.82, 2.24) is 19.4 Å². The van der Waals surface area contributed by atoms with Crippen molar-refractivity contribution < 1.29 is 13.2 Å². The van der Waals surface area contributed by atoms with E-state index in [-0.39, 0.29) is 23.5 Å². The maximum Gasteiger partial charge on any atom is 0.271 e. The predicted molar refractivity (Wildman–Crippen MR) is 98.0 cm³/mol. The molecule has 0 saturated carbocycles. The van der Waals surface area contributed by atoms with Crippen LogP contribution in [0.15, 0.2) is 51.7 Å². The van der Waals surface area contributed by atoms with Crippen molar-refractivity contribution in [2.45, 2.75) is 11.8 Å². The fourth-order valence-electron chi connectivity index (χ4n) is 2.24. The number of fused-ring (bicyclic) bond motifs is 1. The van der Waals surface area contributed by atoms with Crippen LogP contribution >= 0.6 is 11.3 Å². The van der Waals surface area contributed by atoms with Crippen LogP contribution in [0.5, 0.6) is 0 Å². The summed E-state index contributed by atoms with van der Waals surface area (Å²) < 4.78 is 28.0. The molecule has 1 amide bonds. The molecule has 0 bridgehead atoms. The highest BCUT2D eigenvalue weighted by atomic mass is 32.2. The fraction of sp³-hybridized carbons (Fsp3) is 0.188. The lowest BCUT2D eigenvalue weighted by molar-refractivity contribution is 0.0952. The standard InChI is InChI=1S/C16H16N4O4S2/c1-11-2-4-12(5-3-11)26(23,24)19-7-6-17-14(21)13-10-18-16-20(15(13)22)8-9-25-16/h2-5,8-10,19H,6-7H2,1H3,(H,17,21). The molecule has 2 N–H and O–H groups in total. The third-order valence-electron chi connectivity index (χ3n) is 3.62. The third kappa shape index (κ3) is 3.82. The summed E-state index contributed by atoms with van der Waals surface area (Å²) >= 11 is 1.29. The van der Waals surface area contributed by atoms with Crippen molar-refractivity contribution in [2.75, 3.05) is 13.1 Å². The SMILES string of the molecule is Cc1ccc(S(=O)(=O)NCCNC(=O)c2cnc3sccn3c2=O)cc1. The van der Waals surface area contributed by atoms with Crippen LogP contribution in [0, 0.1) is 6.92 Å². The summed E-state index contributed by atoms with van der Waals surface area (Å²) in [5, 5.41) is 4.21. The Morgan fingerprint density at radius 3 is 2.69 bits per heavy atom. The van der Waals surface area contributed by atoms with E-state index in [1.54, 1.807) is 23.7 Å². The van der Waals surface area contributed by atoms with Gasteiger partial charge >= 0.3 is 0 Å². The van der Waals surface area contributed by atoms with E-state index in [0.29, 0.717) is 4.96 Å². The number of carbonyl (C=O) groups is 1. The smallest absolute Gasteiger partial charge is 0.271 e. The van der Waals surface area contributed by atoms with Gasteiger partial charge in [0, 0.05) is 30.9 Å². The van der Waals surface area contributed by atoms with Gasteiger partial charge in [0.15, 0.2) is 4.96 Å². The number of sulfonamides is 1. The Balaban J connectivity index is 1.59. The van der Waals surface area contributed by atoms with Crippen LogP contribution in [0.3, 0.4) is 0 Å². The molecule has 3 aromatic rings. The van der Waals surface area contributed by atoms with Gasteiger partial charge in [-0.3, -0.25) is 14.0 Å². The van der Waals surface area contributed by atoms with Crippen LogP contribution in [-0.4, -0.2) is 36.8 Å². The number of hydrogen-bond donors (Lipinski definition) is 2. The van der Waals surface area contributed by atoms with Gasteiger partial charge in [-0.15, -0.1) is 11.3 Å². The zero-order chi connectivity index (χ0) is 18.7. The summed E-state index contributed by atoms with van der Waals surface area (Å²) in [6, 6.07) is 6.44. The molecule has 2 heterocycles. The zero-order valence-electron chi connectivity index (χ0n) is 13.8. The maximum absolute atomic E-state index is 12.2. The fourth-order valence-corrected chi connectivity index (χ4v) is 3.94. The molecule has 0 aliphatic rings. The zero-order valence-corrected chi connectivity index (χ0v) is 15.4. The Hall–Kier alpha value is -2.56. The first-order valence-corrected chi connectivity index (χ1v) is 10.0. The number of hydrogen-bond acceptors (Lipinski definition) is 6. The molecule has 10 heteroatoms. The molecule has 3 rings (SSSR count). The van der Waals surface area contributed by atoms with Crippen molar-refractivity contribution in [1.29, 1.82) is 0 Å². The second-order valence-electron chi connectivity index (χ2n) is 5.50. The molecular weight excluding hydrogens is 376 g/mol. The van der Waals surface area contributed by atoms with Crippen LogP contribution in [-0.2, 0) is 10.0 Å². The van der Waals surface area contributed by atoms with E-state index in [2.05, 4.69) is 15.0 Å². The van der Waals surface area contributed by atoms with Crippen LogP contribution in [0.4, 0.5) is 0 Å². The van der Waals surface area contributed by atoms with Crippen LogP contribution in [0.1, 0.15) is 15.9 Å². The number of aryl methyl sites for hydroxylation is 1. The lowest BCUT2D eigenvalue weighted by atomic mass is 10.2. The summed E-state index contributed by atoms with van der Waals surface area (Å²) in [5.41, 5.74) is 0.398. The average Bonchev–Trinajstić information content (AvgIpc) is 3.09. The molecular formula is C16H16N4O4S2. The van der Waals surface area contributed by atoms with E-state index in [1.165, 1.54) is 34.1 Å². The van der Waals surface area contributed by atoms with Crippen LogP contribution < -0.4 is 15.6 Å². The quantitative estimate of drug-likeness (QED) is 0.602. The first-order valence-electron chi connectivity index (χ1n) is 7.68. The van der Waals surface area contributed by atoms with Gasteiger partial charge < -0.3 is 5.32 Å². The normalized spacial score (nSPS) is 11.6. The molecule has 0 radical (unpaired) electrons. The number of benzene rings is 1. The molecule has 0 saturated heterocycles.